The van der Waals surface area contributed by atoms with Gasteiger partial charge in [0.15, 0.2) is 0 Å². The summed E-state index contributed by atoms with van der Waals surface area (Å²) < 4.78 is 0. The van der Waals surface area contributed by atoms with Crippen molar-refractivity contribution in [3.63, 3.8) is 0 Å². The highest BCUT2D eigenvalue weighted by Gasteiger charge is 2.24. The zero-order chi connectivity index (χ0) is 15.1. The van der Waals surface area contributed by atoms with Crippen LogP contribution in [0, 0.1) is 10.1 Å². The molecule has 0 aliphatic carbocycles. The number of aliphatic hydroxyl groups excluding tert-OH is 1. The molecule has 0 bridgehead atoms. The number of aliphatic hydroxyl groups is 1. The fourth-order valence-corrected chi connectivity index (χ4v) is 1.83. The van der Waals surface area contributed by atoms with Crippen molar-refractivity contribution < 1.29 is 14.8 Å². The van der Waals surface area contributed by atoms with Crippen LogP contribution in [0.1, 0.15) is 23.7 Å². The summed E-state index contributed by atoms with van der Waals surface area (Å²) in [5.74, 6) is 4.76. The second-order valence-electron chi connectivity index (χ2n) is 4.15. The molecule has 4 N–H and O–H groups in total. The van der Waals surface area contributed by atoms with Crippen molar-refractivity contribution in [2.24, 2.45) is 5.84 Å². The molecule has 1 rings (SSSR count). The summed E-state index contributed by atoms with van der Waals surface area (Å²) in [5.41, 5.74) is 2.42. The average Bonchev–Trinajstić information content (AvgIpc) is 2.45. The first kappa shape index (κ1) is 15.9. The Morgan fingerprint density at radius 1 is 1.50 bits per heavy atom. The Labute approximate surface area is 116 Å². The van der Waals surface area contributed by atoms with Gasteiger partial charge in [-0.25, -0.2) is 0 Å². The first-order valence-corrected chi connectivity index (χ1v) is 6.20. The molecule has 0 spiro atoms. The van der Waals surface area contributed by atoms with Gasteiger partial charge in [-0.2, -0.15) is 0 Å². The number of nitro benzene ring substituents is 1. The lowest BCUT2D eigenvalue weighted by Crippen LogP contribution is -2.34. The van der Waals surface area contributed by atoms with Crippen LogP contribution in [0.4, 0.5) is 11.4 Å². The van der Waals surface area contributed by atoms with Crippen molar-refractivity contribution in [2.45, 2.75) is 13.3 Å². The van der Waals surface area contributed by atoms with Crippen molar-refractivity contribution in [3.8, 4) is 0 Å². The largest absolute Gasteiger partial charge is 0.395 e. The van der Waals surface area contributed by atoms with Crippen molar-refractivity contribution >= 4 is 17.3 Å². The fourth-order valence-electron chi connectivity index (χ4n) is 1.83. The van der Waals surface area contributed by atoms with Crippen molar-refractivity contribution in [1.82, 2.24) is 4.90 Å². The molecule has 0 aliphatic rings. The molecule has 1 amide bonds. The van der Waals surface area contributed by atoms with E-state index < -0.39 is 10.8 Å². The zero-order valence-electron chi connectivity index (χ0n) is 11.2. The number of anilines is 1. The van der Waals surface area contributed by atoms with E-state index in [0.717, 1.165) is 0 Å². The van der Waals surface area contributed by atoms with E-state index in [1.165, 1.54) is 23.1 Å². The molecular formula is C12H18N4O4. The van der Waals surface area contributed by atoms with E-state index in [-0.39, 0.29) is 24.4 Å². The maximum absolute atomic E-state index is 12.4. The van der Waals surface area contributed by atoms with Crippen LogP contribution in [0.5, 0.6) is 0 Å². The normalized spacial score (nSPS) is 10.2. The molecule has 0 radical (unpaired) electrons. The number of carbonyl (C=O) groups is 1. The lowest BCUT2D eigenvalue weighted by molar-refractivity contribution is -0.385. The maximum atomic E-state index is 12.4. The molecule has 0 unspecified atom stereocenters. The summed E-state index contributed by atoms with van der Waals surface area (Å²) in [4.78, 5) is 24.1. The van der Waals surface area contributed by atoms with E-state index in [1.54, 1.807) is 0 Å². The van der Waals surface area contributed by atoms with Gasteiger partial charge in [-0.3, -0.25) is 20.8 Å². The van der Waals surface area contributed by atoms with Gasteiger partial charge in [0.1, 0.15) is 5.56 Å². The third kappa shape index (κ3) is 3.65. The number of carbonyl (C=O) groups excluding carboxylic acids is 1. The van der Waals surface area contributed by atoms with E-state index in [2.05, 4.69) is 5.43 Å². The van der Waals surface area contributed by atoms with Gasteiger partial charge in [-0.05, 0) is 18.6 Å². The molecule has 0 aromatic heterocycles. The second kappa shape index (κ2) is 7.41. The molecule has 0 saturated carbocycles. The summed E-state index contributed by atoms with van der Waals surface area (Å²) in [6.45, 7) is 2.22. The molecule has 8 heteroatoms. The molecule has 1 aromatic rings. The molecule has 0 heterocycles. The zero-order valence-corrected chi connectivity index (χ0v) is 11.2. The van der Waals surface area contributed by atoms with Crippen LogP contribution in [-0.2, 0) is 0 Å². The summed E-state index contributed by atoms with van der Waals surface area (Å²) >= 11 is 0. The number of nitro groups is 1. The first-order valence-electron chi connectivity index (χ1n) is 6.20. The predicted octanol–water partition coefficient (Wildman–Crippen LogP) is 0.725. The molecule has 1 aromatic carbocycles. The van der Waals surface area contributed by atoms with E-state index >= 15 is 0 Å². The van der Waals surface area contributed by atoms with Crippen molar-refractivity contribution in [2.75, 3.05) is 25.1 Å². The molecule has 110 valence electrons. The van der Waals surface area contributed by atoms with E-state index in [9.17, 15) is 14.9 Å². The Morgan fingerprint density at radius 3 is 2.70 bits per heavy atom. The fraction of sp³-hybridized carbons (Fsp3) is 0.417. The molecule has 20 heavy (non-hydrogen) atoms. The van der Waals surface area contributed by atoms with Crippen molar-refractivity contribution in [1.29, 1.82) is 0 Å². The van der Waals surface area contributed by atoms with Gasteiger partial charge in [-0.15, -0.1) is 0 Å². The van der Waals surface area contributed by atoms with E-state index in [1.807, 2.05) is 6.92 Å². The highest BCUT2D eigenvalue weighted by Crippen LogP contribution is 2.23. The van der Waals surface area contributed by atoms with Crippen LogP contribution < -0.4 is 11.3 Å². The molecule has 0 fully saturated rings. The molecular weight excluding hydrogens is 264 g/mol. The number of amides is 1. The van der Waals surface area contributed by atoms with Gasteiger partial charge < -0.3 is 15.4 Å². The summed E-state index contributed by atoms with van der Waals surface area (Å²) in [6, 6.07) is 3.98. The monoisotopic (exact) mass is 282 g/mol. The summed E-state index contributed by atoms with van der Waals surface area (Å²) in [6.07, 6.45) is 0.689. The van der Waals surface area contributed by atoms with Gasteiger partial charge in [0.25, 0.3) is 11.6 Å². The van der Waals surface area contributed by atoms with Crippen LogP contribution in [0.2, 0.25) is 0 Å². The van der Waals surface area contributed by atoms with Crippen molar-refractivity contribution in [3.05, 3.63) is 33.9 Å². The lowest BCUT2D eigenvalue weighted by Gasteiger charge is -2.21. The number of nitrogen functional groups attached to an aromatic ring is 1. The van der Waals surface area contributed by atoms with Crippen LogP contribution in [-0.4, -0.2) is 40.5 Å². The number of benzene rings is 1. The topological polar surface area (TPSA) is 122 Å². The second-order valence-corrected chi connectivity index (χ2v) is 4.15. The van der Waals surface area contributed by atoms with Crippen LogP contribution >= 0.6 is 0 Å². The molecule has 0 atom stereocenters. The predicted molar refractivity (Wildman–Crippen MR) is 74.2 cm³/mol. The minimum Gasteiger partial charge on any atom is -0.395 e. The first-order chi connectivity index (χ1) is 9.54. The van der Waals surface area contributed by atoms with Gasteiger partial charge in [0.2, 0.25) is 0 Å². The third-order valence-corrected chi connectivity index (χ3v) is 2.74. The number of nitrogens with two attached hydrogens (primary N) is 1. The minimum atomic E-state index is -0.614. The average molecular weight is 282 g/mol. The highest BCUT2D eigenvalue weighted by atomic mass is 16.6. The molecule has 0 aliphatic heterocycles. The number of rotatable bonds is 7. The number of hydrogen-bond donors (Lipinski definition) is 3. The Balaban J connectivity index is 3.19. The number of nitrogens with zero attached hydrogens (tertiary/aromatic N) is 2. The summed E-state index contributed by atoms with van der Waals surface area (Å²) in [5, 5.41) is 20.0. The SMILES string of the molecule is CCCN(CCO)C(=O)c1cc(NN)ccc1[N+](=O)[O-]. The van der Waals surface area contributed by atoms with E-state index in [4.69, 9.17) is 10.9 Å². The van der Waals surface area contributed by atoms with Crippen LogP contribution in [0.3, 0.4) is 0 Å². The quantitative estimate of drug-likeness (QED) is 0.385. The number of nitrogens with one attached hydrogen (secondary N) is 1. The minimum absolute atomic E-state index is 0.0487. The highest BCUT2D eigenvalue weighted by molar-refractivity contribution is 5.99. The Morgan fingerprint density at radius 2 is 2.20 bits per heavy atom. The van der Waals surface area contributed by atoms with Crippen LogP contribution in [0.15, 0.2) is 18.2 Å². The third-order valence-electron chi connectivity index (χ3n) is 2.74. The number of hydrazine groups is 1. The Kier molecular flexibility index (Phi) is 5.88. The molecule has 0 saturated heterocycles. The lowest BCUT2D eigenvalue weighted by atomic mass is 10.1. The van der Waals surface area contributed by atoms with Gasteiger partial charge in [0.05, 0.1) is 11.5 Å². The van der Waals surface area contributed by atoms with Gasteiger partial charge >= 0.3 is 0 Å². The standard InChI is InChI=1S/C12H18N4O4/c1-2-5-15(6-7-17)12(18)10-8-9(14-13)3-4-11(10)16(19)20/h3-4,8,14,17H,2,5-7,13H2,1H3. The van der Waals surface area contributed by atoms with Gasteiger partial charge in [-0.1, -0.05) is 6.92 Å². The van der Waals surface area contributed by atoms with Gasteiger partial charge in [0, 0.05) is 24.8 Å². The summed E-state index contributed by atoms with van der Waals surface area (Å²) in [7, 11) is 0. The smallest absolute Gasteiger partial charge is 0.282 e. The Bertz CT molecular complexity index is 486. The van der Waals surface area contributed by atoms with Crippen LogP contribution in [0.25, 0.3) is 0 Å². The Hall–Kier alpha value is -2.19. The molecule has 8 nitrogen and oxygen atoms in total. The maximum Gasteiger partial charge on any atom is 0.282 e. The number of hydrogen-bond acceptors (Lipinski definition) is 6. The van der Waals surface area contributed by atoms with E-state index in [0.29, 0.717) is 18.7 Å².